The lowest BCUT2D eigenvalue weighted by Crippen LogP contribution is -2.36. The van der Waals surface area contributed by atoms with E-state index < -0.39 is 9.84 Å². The summed E-state index contributed by atoms with van der Waals surface area (Å²) in [5.74, 6) is 0.299. The van der Waals surface area contributed by atoms with E-state index in [-0.39, 0.29) is 10.6 Å². The Bertz CT molecular complexity index is 551. The van der Waals surface area contributed by atoms with Crippen LogP contribution >= 0.6 is 11.6 Å². The van der Waals surface area contributed by atoms with Crippen molar-refractivity contribution in [2.24, 2.45) is 0 Å². The number of rotatable bonds is 3. The minimum Gasteiger partial charge on any atom is -0.228 e. The second kappa shape index (κ2) is 5.84. The first-order chi connectivity index (χ1) is 8.90. The summed E-state index contributed by atoms with van der Waals surface area (Å²) in [4.78, 5) is 0. The molecule has 2 nitrogen and oxygen atoms in total. The lowest BCUT2D eigenvalue weighted by molar-refractivity contribution is 0.529. The van der Waals surface area contributed by atoms with Gasteiger partial charge in [-0.05, 0) is 49.8 Å². The van der Waals surface area contributed by atoms with E-state index in [9.17, 15) is 8.42 Å². The molecule has 19 heavy (non-hydrogen) atoms. The molecule has 1 saturated heterocycles. The number of halogens is 1. The van der Waals surface area contributed by atoms with Crippen molar-refractivity contribution in [2.75, 3.05) is 5.75 Å². The van der Waals surface area contributed by atoms with Crippen LogP contribution in [0.15, 0.2) is 18.2 Å². The molecule has 0 aliphatic carbocycles. The second-order valence-electron chi connectivity index (χ2n) is 5.54. The maximum absolute atomic E-state index is 12.1. The highest BCUT2D eigenvalue weighted by Crippen LogP contribution is 2.27. The van der Waals surface area contributed by atoms with Crippen LogP contribution in [0.1, 0.15) is 36.0 Å². The van der Waals surface area contributed by atoms with E-state index in [0.717, 1.165) is 18.4 Å². The number of alkyl halides is 1. The van der Waals surface area contributed by atoms with Gasteiger partial charge in [-0.25, -0.2) is 8.42 Å². The molecule has 0 N–H and O–H groups in total. The van der Waals surface area contributed by atoms with Crippen LogP contribution in [0.4, 0.5) is 0 Å². The predicted molar refractivity (Wildman–Crippen MR) is 80.7 cm³/mol. The molecule has 0 spiro atoms. The first-order valence-corrected chi connectivity index (χ1v) is 8.97. The fraction of sp³-hybridized carbons (Fsp3) is 0.600. The van der Waals surface area contributed by atoms with Gasteiger partial charge in [-0.15, -0.1) is 11.6 Å². The van der Waals surface area contributed by atoms with Crippen molar-refractivity contribution >= 4 is 21.4 Å². The fourth-order valence-corrected chi connectivity index (χ4v) is 5.43. The van der Waals surface area contributed by atoms with Gasteiger partial charge in [0.25, 0.3) is 0 Å². The van der Waals surface area contributed by atoms with Crippen molar-refractivity contribution in [3.63, 3.8) is 0 Å². The standard InChI is InChI=1S/C15H21ClO2S/c1-11-6-7-13(9-12(11)2)10-14(16)15-5-3-4-8-19(15,17)18/h6-7,9,14-15H,3-5,8,10H2,1-2H3. The van der Waals surface area contributed by atoms with Gasteiger partial charge < -0.3 is 0 Å². The van der Waals surface area contributed by atoms with Crippen molar-refractivity contribution in [3.8, 4) is 0 Å². The number of hydrogen-bond acceptors (Lipinski definition) is 2. The molecule has 4 heteroatoms. The maximum atomic E-state index is 12.1. The van der Waals surface area contributed by atoms with E-state index in [1.165, 1.54) is 11.1 Å². The van der Waals surface area contributed by atoms with Crippen LogP contribution < -0.4 is 0 Å². The van der Waals surface area contributed by atoms with Crippen molar-refractivity contribution in [1.29, 1.82) is 0 Å². The van der Waals surface area contributed by atoms with E-state index in [0.29, 0.717) is 18.6 Å². The fourth-order valence-electron chi connectivity index (χ4n) is 2.67. The van der Waals surface area contributed by atoms with Gasteiger partial charge in [-0.3, -0.25) is 0 Å². The third-order valence-electron chi connectivity index (χ3n) is 4.03. The Labute approximate surface area is 121 Å². The summed E-state index contributed by atoms with van der Waals surface area (Å²) in [6.45, 7) is 4.14. The molecule has 2 rings (SSSR count). The molecular formula is C15H21ClO2S. The molecule has 2 unspecified atom stereocenters. The number of hydrogen-bond donors (Lipinski definition) is 0. The molecule has 0 saturated carbocycles. The average Bonchev–Trinajstić information content (AvgIpc) is 2.33. The molecule has 0 amide bonds. The van der Waals surface area contributed by atoms with Gasteiger partial charge in [0, 0.05) is 0 Å². The molecule has 0 bridgehead atoms. The highest BCUT2D eigenvalue weighted by atomic mass is 35.5. The first-order valence-electron chi connectivity index (χ1n) is 6.82. The van der Waals surface area contributed by atoms with Crippen molar-refractivity contribution in [1.82, 2.24) is 0 Å². The zero-order valence-corrected chi connectivity index (χ0v) is 13.1. The normalized spacial score (nSPS) is 24.1. The monoisotopic (exact) mass is 300 g/mol. The van der Waals surface area contributed by atoms with Gasteiger partial charge in [0.2, 0.25) is 0 Å². The van der Waals surface area contributed by atoms with Gasteiger partial charge >= 0.3 is 0 Å². The van der Waals surface area contributed by atoms with E-state index in [2.05, 4.69) is 26.0 Å². The second-order valence-corrected chi connectivity index (χ2v) is 8.44. The smallest absolute Gasteiger partial charge is 0.154 e. The van der Waals surface area contributed by atoms with Crippen LogP contribution in [0.2, 0.25) is 0 Å². The Kier molecular flexibility index (Phi) is 4.57. The Morgan fingerprint density at radius 2 is 2.00 bits per heavy atom. The van der Waals surface area contributed by atoms with Crippen molar-refractivity contribution < 1.29 is 8.42 Å². The average molecular weight is 301 g/mol. The lowest BCUT2D eigenvalue weighted by Gasteiger charge is -2.26. The Balaban J connectivity index is 2.11. The Hall–Kier alpha value is -0.540. The quantitative estimate of drug-likeness (QED) is 0.802. The predicted octanol–water partition coefficient (Wildman–Crippen LogP) is 3.42. The molecule has 1 fully saturated rings. The van der Waals surface area contributed by atoms with Crippen LogP contribution in [0.25, 0.3) is 0 Å². The maximum Gasteiger partial charge on any atom is 0.154 e. The van der Waals surface area contributed by atoms with Crippen molar-refractivity contribution in [3.05, 3.63) is 34.9 Å². The number of sulfone groups is 1. The van der Waals surface area contributed by atoms with Crippen LogP contribution in [0, 0.1) is 13.8 Å². The van der Waals surface area contributed by atoms with E-state index in [1.54, 1.807) is 0 Å². The summed E-state index contributed by atoms with van der Waals surface area (Å²) in [5.41, 5.74) is 3.61. The molecule has 0 radical (unpaired) electrons. The SMILES string of the molecule is Cc1ccc(CC(Cl)C2CCCCS2(=O)=O)cc1C. The largest absolute Gasteiger partial charge is 0.228 e. The van der Waals surface area contributed by atoms with Gasteiger partial charge in [0.15, 0.2) is 9.84 Å². The van der Waals surface area contributed by atoms with Gasteiger partial charge in [-0.1, -0.05) is 24.6 Å². The van der Waals surface area contributed by atoms with E-state index in [4.69, 9.17) is 11.6 Å². The highest BCUT2D eigenvalue weighted by molar-refractivity contribution is 7.92. The molecular weight excluding hydrogens is 280 g/mol. The summed E-state index contributed by atoms with van der Waals surface area (Å²) in [7, 11) is -2.99. The minimum atomic E-state index is -2.99. The van der Waals surface area contributed by atoms with Crippen LogP contribution in [-0.2, 0) is 16.3 Å². The minimum absolute atomic E-state index is 0.299. The third kappa shape index (κ3) is 3.51. The van der Waals surface area contributed by atoms with Gasteiger partial charge in [0.1, 0.15) is 0 Å². The highest BCUT2D eigenvalue weighted by Gasteiger charge is 2.34. The van der Waals surface area contributed by atoms with Gasteiger partial charge in [0.05, 0.1) is 16.4 Å². The third-order valence-corrected chi connectivity index (χ3v) is 6.99. The number of aryl methyl sites for hydroxylation is 2. The molecule has 106 valence electrons. The zero-order chi connectivity index (χ0) is 14.0. The Morgan fingerprint density at radius 1 is 1.26 bits per heavy atom. The first kappa shape index (κ1) is 14.9. The molecule has 1 aromatic carbocycles. The number of benzene rings is 1. The summed E-state index contributed by atoms with van der Waals surface area (Å²) in [5, 5.41) is -0.683. The Morgan fingerprint density at radius 3 is 2.63 bits per heavy atom. The zero-order valence-electron chi connectivity index (χ0n) is 11.5. The summed E-state index contributed by atoms with van der Waals surface area (Å²) >= 11 is 6.39. The summed E-state index contributed by atoms with van der Waals surface area (Å²) in [6, 6.07) is 6.23. The van der Waals surface area contributed by atoms with Crippen LogP contribution in [0.3, 0.4) is 0 Å². The molecule has 1 aliphatic heterocycles. The topological polar surface area (TPSA) is 34.1 Å². The molecule has 1 aromatic rings. The van der Waals surface area contributed by atoms with Crippen LogP contribution in [0.5, 0.6) is 0 Å². The molecule has 0 aromatic heterocycles. The summed E-state index contributed by atoms with van der Waals surface area (Å²) in [6.07, 6.45) is 3.10. The van der Waals surface area contributed by atoms with Gasteiger partial charge in [-0.2, -0.15) is 0 Å². The van der Waals surface area contributed by atoms with Crippen LogP contribution in [-0.4, -0.2) is 24.8 Å². The lowest BCUT2D eigenvalue weighted by atomic mass is 10.0. The summed E-state index contributed by atoms with van der Waals surface area (Å²) < 4.78 is 24.1. The molecule has 2 atom stereocenters. The molecule has 1 aliphatic rings. The van der Waals surface area contributed by atoms with E-state index >= 15 is 0 Å². The van der Waals surface area contributed by atoms with Crippen molar-refractivity contribution in [2.45, 2.75) is 50.2 Å². The van der Waals surface area contributed by atoms with E-state index in [1.807, 2.05) is 6.07 Å². The molecule has 1 heterocycles.